The topological polar surface area (TPSA) is 84.7 Å². The molecular formula is C12H19N3O3S. The van der Waals surface area contributed by atoms with Crippen molar-refractivity contribution in [3.05, 3.63) is 23.8 Å². The lowest BCUT2D eigenvalue weighted by Crippen LogP contribution is -2.48. The van der Waals surface area contributed by atoms with Crippen LogP contribution in [0.3, 0.4) is 0 Å². The van der Waals surface area contributed by atoms with Crippen LogP contribution in [0.15, 0.2) is 23.1 Å². The Morgan fingerprint density at radius 1 is 1.37 bits per heavy atom. The van der Waals surface area contributed by atoms with Gasteiger partial charge in [0.1, 0.15) is 0 Å². The number of anilines is 1. The average molecular weight is 285 g/mol. The molecule has 106 valence electrons. The molecule has 1 aliphatic rings. The summed E-state index contributed by atoms with van der Waals surface area (Å²) in [7, 11) is -3.57. The Hall–Kier alpha value is -1.15. The summed E-state index contributed by atoms with van der Waals surface area (Å²) >= 11 is 0. The van der Waals surface area contributed by atoms with Gasteiger partial charge in [0, 0.05) is 18.8 Å². The zero-order valence-corrected chi connectivity index (χ0v) is 11.7. The fourth-order valence-corrected chi connectivity index (χ4v) is 3.10. The number of aryl methyl sites for hydroxylation is 1. The molecule has 1 saturated heterocycles. The van der Waals surface area contributed by atoms with Crippen molar-refractivity contribution >= 4 is 15.7 Å². The molecule has 19 heavy (non-hydrogen) atoms. The van der Waals surface area contributed by atoms with Gasteiger partial charge in [0.2, 0.25) is 0 Å². The van der Waals surface area contributed by atoms with E-state index < -0.39 is 10.0 Å². The van der Waals surface area contributed by atoms with Crippen LogP contribution in [0.25, 0.3) is 0 Å². The van der Waals surface area contributed by atoms with Gasteiger partial charge < -0.3 is 10.5 Å². The third kappa shape index (κ3) is 3.44. The van der Waals surface area contributed by atoms with Gasteiger partial charge in [-0.05, 0) is 24.1 Å². The molecule has 0 radical (unpaired) electrons. The van der Waals surface area contributed by atoms with Crippen LogP contribution >= 0.6 is 0 Å². The maximum atomic E-state index is 12.2. The van der Waals surface area contributed by atoms with Gasteiger partial charge in [-0.15, -0.1) is 4.83 Å². The molecule has 0 aromatic heterocycles. The van der Waals surface area contributed by atoms with Gasteiger partial charge in [-0.3, -0.25) is 0 Å². The highest BCUT2D eigenvalue weighted by molar-refractivity contribution is 7.89. The molecule has 0 amide bonds. The molecule has 1 heterocycles. The van der Waals surface area contributed by atoms with Gasteiger partial charge in [-0.2, -0.15) is 0 Å². The maximum Gasteiger partial charge on any atom is 0.253 e. The molecule has 0 bridgehead atoms. The zero-order valence-electron chi connectivity index (χ0n) is 10.9. The van der Waals surface area contributed by atoms with Crippen LogP contribution in [0.5, 0.6) is 0 Å². The molecular weight excluding hydrogens is 266 g/mol. The summed E-state index contributed by atoms with van der Waals surface area (Å²) in [5, 5.41) is 1.64. The van der Waals surface area contributed by atoms with Gasteiger partial charge in [0.05, 0.1) is 18.1 Å². The number of benzene rings is 1. The van der Waals surface area contributed by atoms with E-state index in [1.54, 1.807) is 17.1 Å². The number of rotatable bonds is 4. The molecule has 0 unspecified atom stereocenters. The summed E-state index contributed by atoms with van der Waals surface area (Å²) in [6, 6.07) is 4.84. The van der Waals surface area contributed by atoms with Crippen molar-refractivity contribution in [3.63, 3.8) is 0 Å². The first-order chi connectivity index (χ1) is 9.03. The molecule has 1 aliphatic heterocycles. The van der Waals surface area contributed by atoms with Crippen LogP contribution in [0.4, 0.5) is 5.69 Å². The quantitative estimate of drug-likeness (QED) is 0.780. The van der Waals surface area contributed by atoms with Gasteiger partial charge in [0.15, 0.2) is 0 Å². The number of ether oxygens (including phenoxy) is 1. The summed E-state index contributed by atoms with van der Waals surface area (Å²) in [5.74, 6) is 0. The van der Waals surface area contributed by atoms with E-state index in [9.17, 15) is 8.42 Å². The highest BCUT2D eigenvalue weighted by atomic mass is 32.2. The standard InChI is InChI=1S/C12H19N3O3S/c1-2-10-3-4-11(9-12(10)13)19(16,17)14-15-5-7-18-8-6-15/h3-4,9,14H,2,5-8,13H2,1H3. The normalized spacial score (nSPS) is 17.5. The number of nitrogens with zero attached hydrogens (tertiary/aromatic N) is 1. The van der Waals surface area contributed by atoms with Crippen molar-refractivity contribution in [2.75, 3.05) is 32.0 Å². The molecule has 0 aliphatic carbocycles. The van der Waals surface area contributed by atoms with E-state index in [1.165, 1.54) is 6.07 Å². The van der Waals surface area contributed by atoms with Gasteiger partial charge >= 0.3 is 0 Å². The Morgan fingerprint density at radius 2 is 2.05 bits per heavy atom. The van der Waals surface area contributed by atoms with Gasteiger partial charge in [0.25, 0.3) is 10.0 Å². The number of nitrogens with two attached hydrogens (primary N) is 1. The van der Waals surface area contributed by atoms with E-state index in [0.29, 0.717) is 32.0 Å². The summed E-state index contributed by atoms with van der Waals surface area (Å²) in [4.78, 5) is 2.73. The van der Waals surface area contributed by atoms with Crippen molar-refractivity contribution in [3.8, 4) is 0 Å². The van der Waals surface area contributed by atoms with Crippen LogP contribution in [-0.4, -0.2) is 39.7 Å². The largest absolute Gasteiger partial charge is 0.398 e. The van der Waals surface area contributed by atoms with Crippen LogP contribution in [-0.2, 0) is 21.2 Å². The Labute approximate surface area is 113 Å². The van der Waals surface area contributed by atoms with Crippen LogP contribution in [0.1, 0.15) is 12.5 Å². The predicted octanol–water partition coefficient (Wildman–Crippen LogP) is 0.357. The number of hydrazine groups is 1. The van der Waals surface area contributed by atoms with E-state index in [4.69, 9.17) is 10.5 Å². The highest BCUT2D eigenvalue weighted by Gasteiger charge is 2.20. The SMILES string of the molecule is CCc1ccc(S(=O)(=O)NN2CCOCC2)cc1N. The molecule has 0 saturated carbocycles. The van der Waals surface area contributed by atoms with E-state index in [-0.39, 0.29) is 4.90 Å². The molecule has 0 spiro atoms. The first-order valence-electron chi connectivity index (χ1n) is 6.26. The van der Waals surface area contributed by atoms with E-state index in [1.807, 2.05) is 6.92 Å². The number of hydrogen-bond acceptors (Lipinski definition) is 5. The third-order valence-electron chi connectivity index (χ3n) is 3.07. The lowest BCUT2D eigenvalue weighted by atomic mass is 10.1. The molecule has 3 N–H and O–H groups in total. The molecule has 6 nitrogen and oxygen atoms in total. The van der Waals surface area contributed by atoms with Crippen molar-refractivity contribution in [2.24, 2.45) is 0 Å². The van der Waals surface area contributed by atoms with Crippen molar-refractivity contribution in [1.29, 1.82) is 0 Å². The Kier molecular flexibility index (Phi) is 4.41. The second kappa shape index (κ2) is 5.87. The van der Waals surface area contributed by atoms with Crippen molar-refractivity contribution in [1.82, 2.24) is 9.84 Å². The minimum atomic E-state index is -3.57. The molecule has 2 rings (SSSR count). The van der Waals surface area contributed by atoms with Crippen molar-refractivity contribution < 1.29 is 13.2 Å². The first kappa shape index (κ1) is 14.3. The van der Waals surface area contributed by atoms with Gasteiger partial charge in [-0.25, -0.2) is 13.4 Å². The number of morpholine rings is 1. The number of nitrogens with one attached hydrogen (secondary N) is 1. The lowest BCUT2D eigenvalue weighted by molar-refractivity contribution is 0.0272. The summed E-state index contributed by atoms with van der Waals surface area (Å²) in [5.41, 5.74) is 7.29. The molecule has 1 aromatic carbocycles. The van der Waals surface area contributed by atoms with E-state index >= 15 is 0 Å². The maximum absolute atomic E-state index is 12.2. The smallest absolute Gasteiger partial charge is 0.253 e. The van der Waals surface area contributed by atoms with E-state index in [2.05, 4.69) is 4.83 Å². The summed E-state index contributed by atoms with van der Waals surface area (Å²) in [6.07, 6.45) is 0.781. The highest BCUT2D eigenvalue weighted by Crippen LogP contribution is 2.18. The van der Waals surface area contributed by atoms with Crippen LogP contribution in [0, 0.1) is 0 Å². The molecule has 1 aromatic rings. The molecule has 1 fully saturated rings. The Balaban J connectivity index is 2.16. The second-order valence-corrected chi connectivity index (χ2v) is 6.07. The third-order valence-corrected chi connectivity index (χ3v) is 4.44. The minimum absolute atomic E-state index is 0.189. The van der Waals surface area contributed by atoms with E-state index in [0.717, 1.165) is 12.0 Å². The number of nitrogen functional groups attached to an aromatic ring is 1. The molecule has 0 atom stereocenters. The summed E-state index contributed by atoms with van der Waals surface area (Å²) in [6.45, 7) is 4.12. The zero-order chi connectivity index (χ0) is 13.9. The van der Waals surface area contributed by atoms with Crippen molar-refractivity contribution in [2.45, 2.75) is 18.2 Å². The van der Waals surface area contributed by atoms with Crippen LogP contribution in [0.2, 0.25) is 0 Å². The lowest BCUT2D eigenvalue weighted by Gasteiger charge is -2.26. The Bertz CT molecular complexity index is 539. The monoisotopic (exact) mass is 285 g/mol. The number of hydrogen-bond donors (Lipinski definition) is 2. The number of sulfonamides is 1. The Morgan fingerprint density at radius 3 is 2.63 bits per heavy atom. The molecule has 7 heteroatoms. The van der Waals surface area contributed by atoms with Crippen LogP contribution < -0.4 is 10.6 Å². The average Bonchev–Trinajstić information content (AvgIpc) is 2.39. The van der Waals surface area contributed by atoms with Gasteiger partial charge in [-0.1, -0.05) is 13.0 Å². The fourth-order valence-electron chi connectivity index (χ4n) is 1.94. The first-order valence-corrected chi connectivity index (χ1v) is 7.75. The summed E-state index contributed by atoms with van der Waals surface area (Å²) < 4.78 is 29.6. The second-order valence-electron chi connectivity index (χ2n) is 4.41. The predicted molar refractivity (Wildman–Crippen MR) is 72.9 cm³/mol. The minimum Gasteiger partial charge on any atom is -0.398 e. The fraction of sp³-hybridized carbons (Fsp3) is 0.500.